The van der Waals surface area contributed by atoms with Crippen molar-refractivity contribution in [2.75, 3.05) is 26.7 Å². The molecule has 1 aliphatic heterocycles. The molecule has 1 unspecified atom stereocenters. The van der Waals surface area contributed by atoms with E-state index in [0.717, 1.165) is 43.5 Å². The number of unbranched alkanes of at least 4 members (excludes halogenated alkanes) is 2. The van der Waals surface area contributed by atoms with E-state index >= 15 is 0 Å². The van der Waals surface area contributed by atoms with Gasteiger partial charge in [-0.05, 0) is 30.5 Å². The lowest BCUT2D eigenvalue weighted by atomic mass is 10.1. The molecule has 1 aromatic rings. The Balaban J connectivity index is 1.73. The fraction of sp³-hybridized carbons (Fsp3) is 0.579. The van der Waals surface area contributed by atoms with E-state index in [1.165, 1.54) is 0 Å². The zero-order chi connectivity index (χ0) is 17.4. The first-order valence-electron chi connectivity index (χ1n) is 8.82. The number of benzene rings is 1. The maximum Gasteiger partial charge on any atom is 0.225 e. The molecule has 1 saturated heterocycles. The van der Waals surface area contributed by atoms with Crippen LogP contribution in [0.3, 0.4) is 0 Å². The number of hydrogen-bond donors (Lipinski definition) is 1. The van der Waals surface area contributed by atoms with Crippen molar-refractivity contribution in [1.29, 1.82) is 0 Å². The summed E-state index contributed by atoms with van der Waals surface area (Å²) in [7, 11) is 1.64. The van der Waals surface area contributed by atoms with Gasteiger partial charge in [-0.25, -0.2) is 0 Å². The highest BCUT2D eigenvalue weighted by molar-refractivity contribution is 5.89. The first-order chi connectivity index (χ1) is 11.6. The topological polar surface area (TPSA) is 58.6 Å². The zero-order valence-electron chi connectivity index (χ0n) is 14.7. The highest BCUT2D eigenvalue weighted by atomic mass is 16.5. The van der Waals surface area contributed by atoms with Gasteiger partial charge in [-0.3, -0.25) is 9.59 Å². The molecule has 1 fully saturated rings. The Hall–Kier alpha value is -2.04. The molecule has 0 aliphatic carbocycles. The predicted molar refractivity (Wildman–Crippen MR) is 93.9 cm³/mol. The zero-order valence-corrected chi connectivity index (χ0v) is 14.7. The summed E-state index contributed by atoms with van der Waals surface area (Å²) in [5.74, 6) is 0.718. The van der Waals surface area contributed by atoms with Crippen LogP contribution in [0.4, 0.5) is 0 Å². The van der Waals surface area contributed by atoms with E-state index < -0.39 is 0 Å². The van der Waals surface area contributed by atoms with Gasteiger partial charge in [0.2, 0.25) is 11.8 Å². The molecule has 2 rings (SSSR count). The van der Waals surface area contributed by atoms with Gasteiger partial charge in [0.15, 0.2) is 0 Å². The molecule has 1 aliphatic rings. The largest absolute Gasteiger partial charge is 0.497 e. The van der Waals surface area contributed by atoms with Crippen LogP contribution in [0.1, 0.15) is 38.2 Å². The number of rotatable bonds is 9. The van der Waals surface area contributed by atoms with E-state index in [9.17, 15) is 9.59 Å². The summed E-state index contributed by atoms with van der Waals surface area (Å²) >= 11 is 0. The Morgan fingerprint density at radius 3 is 2.96 bits per heavy atom. The van der Waals surface area contributed by atoms with Crippen molar-refractivity contribution in [2.24, 2.45) is 5.92 Å². The van der Waals surface area contributed by atoms with E-state index in [-0.39, 0.29) is 17.7 Å². The first-order valence-corrected chi connectivity index (χ1v) is 8.82. The molecule has 1 heterocycles. The van der Waals surface area contributed by atoms with Gasteiger partial charge in [-0.1, -0.05) is 31.9 Å². The molecule has 0 spiro atoms. The van der Waals surface area contributed by atoms with Crippen LogP contribution >= 0.6 is 0 Å². The minimum absolute atomic E-state index is 0.00997. The van der Waals surface area contributed by atoms with Crippen LogP contribution in [0.15, 0.2) is 24.3 Å². The highest BCUT2D eigenvalue weighted by Crippen LogP contribution is 2.19. The Kier molecular flexibility index (Phi) is 7.09. The van der Waals surface area contributed by atoms with E-state index in [1.54, 1.807) is 7.11 Å². The van der Waals surface area contributed by atoms with Crippen molar-refractivity contribution < 1.29 is 14.3 Å². The van der Waals surface area contributed by atoms with Crippen LogP contribution in [0, 0.1) is 5.92 Å². The van der Waals surface area contributed by atoms with Gasteiger partial charge in [0.25, 0.3) is 0 Å². The Morgan fingerprint density at radius 1 is 1.38 bits per heavy atom. The summed E-state index contributed by atoms with van der Waals surface area (Å²) < 4.78 is 5.20. The van der Waals surface area contributed by atoms with Crippen LogP contribution < -0.4 is 10.1 Å². The van der Waals surface area contributed by atoms with Gasteiger partial charge in [0.1, 0.15) is 5.75 Å². The minimum Gasteiger partial charge on any atom is -0.497 e. The molecule has 5 heteroatoms. The summed E-state index contributed by atoms with van der Waals surface area (Å²) in [6.45, 7) is 4.06. The fourth-order valence-electron chi connectivity index (χ4n) is 3.02. The number of nitrogens with one attached hydrogen (secondary N) is 1. The SMILES string of the molecule is CCCCCN1CC(C(=O)NCCc2cccc(OC)c2)CC1=O. The highest BCUT2D eigenvalue weighted by Gasteiger charge is 2.33. The number of carbonyl (C=O) groups is 2. The molecule has 132 valence electrons. The number of likely N-dealkylation sites (tertiary alicyclic amines) is 1. The molecular weight excluding hydrogens is 304 g/mol. The van der Waals surface area contributed by atoms with E-state index in [4.69, 9.17) is 4.74 Å². The summed E-state index contributed by atoms with van der Waals surface area (Å²) in [5.41, 5.74) is 1.12. The fourth-order valence-corrected chi connectivity index (χ4v) is 3.02. The predicted octanol–water partition coefficient (Wildman–Crippen LogP) is 2.39. The third-order valence-corrected chi connectivity index (χ3v) is 4.46. The molecule has 1 atom stereocenters. The van der Waals surface area contributed by atoms with Gasteiger partial charge in [0, 0.05) is 26.1 Å². The number of carbonyl (C=O) groups excluding carboxylic acids is 2. The molecule has 0 saturated carbocycles. The maximum atomic E-state index is 12.3. The molecular formula is C19H28N2O3. The molecule has 0 aromatic heterocycles. The Labute approximate surface area is 144 Å². The van der Waals surface area contributed by atoms with E-state index in [2.05, 4.69) is 12.2 Å². The standard InChI is InChI=1S/C19H28N2O3/c1-3-4-5-11-21-14-16(13-18(21)22)19(23)20-10-9-15-7-6-8-17(12-15)24-2/h6-8,12,16H,3-5,9-11,13-14H2,1-2H3,(H,20,23). The van der Waals surface area contributed by atoms with Crippen molar-refractivity contribution >= 4 is 11.8 Å². The molecule has 1 aromatic carbocycles. The quantitative estimate of drug-likeness (QED) is 0.707. The van der Waals surface area contributed by atoms with Gasteiger partial charge >= 0.3 is 0 Å². The second-order valence-corrected chi connectivity index (χ2v) is 6.34. The summed E-state index contributed by atoms with van der Waals surface area (Å²) in [5, 5.41) is 2.96. The van der Waals surface area contributed by atoms with Gasteiger partial charge in [-0.15, -0.1) is 0 Å². The lowest BCUT2D eigenvalue weighted by molar-refractivity contribution is -0.129. The summed E-state index contributed by atoms with van der Waals surface area (Å²) in [6, 6.07) is 7.84. The van der Waals surface area contributed by atoms with E-state index in [1.807, 2.05) is 29.2 Å². The summed E-state index contributed by atoms with van der Waals surface area (Å²) in [6.07, 6.45) is 4.38. The Morgan fingerprint density at radius 2 is 2.21 bits per heavy atom. The lowest BCUT2D eigenvalue weighted by Gasteiger charge is -2.16. The number of nitrogens with zero attached hydrogens (tertiary/aromatic N) is 1. The smallest absolute Gasteiger partial charge is 0.225 e. The minimum atomic E-state index is -0.204. The second-order valence-electron chi connectivity index (χ2n) is 6.34. The first kappa shape index (κ1) is 18.3. The average Bonchev–Trinajstić information content (AvgIpc) is 2.96. The third-order valence-electron chi connectivity index (χ3n) is 4.46. The van der Waals surface area contributed by atoms with Crippen LogP contribution in [0.2, 0.25) is 0 Å². The van der Waals surface area contributed by atoms with Crippen LogP contribution in [0.5, 0.6) is 5.75 Å². The van der Waals surface area contributed by atoms with Crippen molar-refractivity contribution in [1.82, 2.24) is 10.2 Å². The average molecular weight is 332 g/mol. The number of ether oxygens (including phenoxy) is 1. The van der Waals surface area contributed by atoms with E-state index in [0.29, 0.717) is 19.5 Å². The third kappa shape index (κ3) is 5.25. The van der Waals surface area contributed by atoms with Crippen molar-refractivity contribution in [3.8, 4) is 5.75 Å². The maximum absolute atomic E-state index is 12.3. The molecule has 1 N–H and O–H groups in total. The molecule has 2 amide bonds. The molecule has 0 bridgehead atoms. The van der Waals surface area contributed by atoms with Crippen molar-refractivity contribution in [2.45, 2.75) is 39.0 Å². The van der Waals surface area contributed by atoms with Crippen LogP contribution in [-0.2, 0) is 16.0 Å². The molecule has 24 heavy (non-hydrogen) atoms. The second kappa shape index (κ2) is 9.30. The molecule has 5 nitrogen and oxygen atoms in total. The summed E-state index contributed by atoms with van der Waals surface area (Å²) in [4.78, 5) is 26.1. The van der Waals surface area contributed by atoms with Crippen LogP contribution in [-0.4, -0.2) is 43.5 Å². The van der Waals surface area contributed by atoms with Crippen molar-refractivity contribution in [3.63, 3.8) is 0 Å². The number of hydrogen-bond acceptors (Lipinski definition) is 3. The number of amides is 2. The normalized spacial score (nSPS) is 17.2. The van der Waals surface area contributed by atoms with Crippen LogP contribution in [0.25, 0.3) is 0 Å². The number of methoxy groups -OCH3 is 1. The van der Waals surface area contributed by atoms with Gasteiger partial charge in [0.05, 0.1) is 13.0 Å². The van der Waals surface area contributed by atoms with Crippen molar-refractivity contribution in [3.05, 3.63) is 29.8 Å². The monoisotopic (exact) mass is 332 g/mol. The lowest BCUT2D eigenvalue weighted by Crippen LogP contribution is -2.34. The van der Waals surface area contributed by atoms with Gasteiger partial charge < -0.3 is 15.0 Å². The Bertz CT molecular complexity index is 559. The van der Waals surface area contributed by atoms with Gasteiger partial charge in [-0.2, -0.15) is 0 Å². The molecule has 0 radical (unpaired) electrons.